The molecule has 4 rings (SSSR count). The van der Waals surface area contributed by atoms with Gasteiger partial charge in [-0.05, 0) is 43.3 Å². The lowest BCUT2D eigenvalue weighted by molar-refractivity contribution is -0.918. The van der Waals surface area contributed by atoms with Crippen molar-refractivity contribution in [2.45, 2.75) is 13.5 Å². The van der Waals surface area contributed by atoms with E-state index in [1.165, 1.54) is 29.2 Å². The number of ketones is 1. The zero-order chi connectivity index (χ0) is 19.8. The number of piperazine rings is 1. The molecule has 1 N–H and O–H groups in total. The van der Waals surface area contributed by atoms with E-state index in [-0.39, 0.29) is 23.1 Å². The first kappa shape index (κ1) is 18.7. The highest BCUT2D eigenvalue weighted by atomic mass is 19.1. The summed E-state index contributed by atoms with van der Waals surface area (Å²) in [5.41, 5.74) is 2.16. The second-order valence-electron chi connectivity index (χ2n) is 7.60. The summed E-state index contributed by atoms with van der Waals surface area (Å²) >= 11 is 0. The molecule has 0 bridgehead atoms. The number of benzene rings is 2. The van der Waals surface area contributed by atoms with E-state index in [2.05, 4.69) is 11.9 Å². The van der Waals surface area contributed by atoms with Gasteiger partial charge in [0, 0.05) is 18.7 Å². The highest BCUT2D eigenvalue weighted by molar-refractivity contribution is 6.15. The van der Waals surface area contributed by atoms with Crippen molar-refractivity contribution >= 4 is 11.9 Å². The second kappa shape index (κ2) is 7.37. The number of quaternary nitrogens is 1. The van der Waals surface area contributed by atoms with E-state index in [0.29, 0.717) is 34.5 Å². The van der Waals surface area contributed by atoms with Crippen molar-refractivity contribution in [2.75, 3.05) is 33.2 Å². The van der Waals surface area contributed by atoms with E-state index in [4.69, 9.17) is 4.74 Å². The summed E-state index contributed by atoms with van der Waals surface area (Å²) in [4.78, 5) is 16.5. The van der Waals surface area contributed by atoms with Gasteiger partial charge < -0.3 is 14.7 Å². The van der Waals surface area contributed by atoms with Crippen LogP contribution in [0.15, 0.2) is 36.1 Å². The van der Waals surface area contributed by atoms with Gasteiger partial charge in [0.05, 0.1) is 18.7 Å². The minimum absolute atomic E-state index is 0.0949. The maximum Gasteiger partial charge on any atom is 0.232 e. The first-order valence-corrected chi connectivity index (χ1v) is 9.48. The lowest BCUT2D eigenvalue weighted by Crippen LogP contribution is -3.13. The molecular formula is C22H23FN2O3. The number of hydrogen-bond donors (Lipinski definition) is 1. The molecule has 2 aromatic rings. The maximum absolute atomic E-state index is 13.5. The zero-order valence-corrected chi connectivity index (χ0v) is 16.0. The van der Waals surface area contributed by atoms with Gasteiger partial charge in [-0.3, -0.25) is 9.69 Å². The molecule has 2 aliphatic heterocycles. The van der Waals surface area contributed by atoms with Gasteiger partial charge in [0.25, 0.3) is 0 Å². The standard InChI is InChI=1S/C22H23FN2O3/c1-14-10-18(26)17(13-25-8-6-24(2)7-9-25)22-20(14)21(27)19(28-22)12-15-4-3-5-16(23)11-15/h3-5,10-12,26H,6-9,13H2,1-2H3/b19-12-. The average Bonchev–Trinajstić information content (AvgIpc) is 2.97. The minimum atomic E-state index is -0.380. The number of carbonyl (C=O) groups is 1. The summed E-state index contributed by atoms with van der Waals surface area (Å²) in [6.45, 7) is 6.12. The number of aryl methyl sites for hydroxylation is 1. The molecule has 0 saturated carbocycles. The Labute approximate surface area is 163 Å². The highest BCUT2D eigenvalue weighted by Gasteiger charge is 2.33. The van der Waals surface area contributed by atoms with Gasteiger partial charge in [-0.25, -0.2) is 4.39 Å². The molecule has 0 aromatic heterocycles. The van der Waals surface area contributed by atoms with Gasteiger partial charge in [0.2, 0.25) is 5.78 Å². The quantitative estimate of drug-likeness (QED) is 0.810. The number of Topliss-reactive ketones (excluding diaryl/α,β-unsaturated/α-hetero) is 1. The van der Waals surface area contributed by atoms with Crippen molar-refractivity contribution < 1.29 is 23.9 Å². The summed E-state index contributed by atoms with van der Waals surface area (Å²) in [7, 11) is 2.09. The molecule has 2 heterocycles. The van der Waals surface area contributed by atoms with Crippen LogP contribution < -0.4 is 14.7 Å². The van der Waals surface area contributed by atoms with Crippen molar-refractivity contribution in [1.29, 1.82) is 0 Å². The van der Waals surface area contributed by atoms with Crippen molar-refractivity contribution in [3.63, 3.8) is 0 Å². The Bertz CT molecular complexity index is 962. The molecule has 2 aromatic carbocycles. The fourth-order valence-electron chi connectivity index (χ4n) is 3.84. The monoisotopic (exact) mass is 382 g/mol. The molecule has 1 saturated heterocycles. The van der Waals surface area contributed by atoms with E-state index < -0.39 is 0 Å². The number of nitrogens with one attached hydrogen (secondary N) is 1. The smallest absolute Gasteiger partial charge is 0.232 e. The van der Waals surface area contributed by atoms with Crippen LogP contribution in [0.5, 0.6) is 11.5 Å². The lowest BCUT2D eigenvalue weighted by Gasteiger charge is -2.31. The molecule has 0 spiro atoms. The fraction of sp³-hybridized carbons (Fsp3) is 0.318. The molecule has 146 valence electrons. The molecule has 0 aliphatic carbocycles. The van der Waals surface area contributed by atoms with Gasteiger partial charge in [-0.2, -0.15) is 0 Å². The van der Waals surface area contributed by atoms with E-state index >= 15 is 0 Å². The molecule has 0 unspecified atom stereocenters. The van der Waals surface area contributed by atoms with E-state index in [9.17, 15) is 14.3 Å². The Hall–Kier alpha value is -2.70. The number of rotatable bonds is 3. The Morgan fingerprint density at radius 2 is 2.04 bits per heavy atom. The van der Waals surface area contributed by atoms with Crippen LogP contribution in [0.3, 0.4) is 0 Å². The summed E-state index contributed by atoms with van der Waals surface area (Å²) in [5.74, 6) is -0.225. The molecule has 6 heteroatoms. The normalized spacial score (nSPS) is 19.1. The predicted octanol–water partition coefficient (Wildman–Crippen LogP) is 1.15. The van der Waals surface area contributed by atoms with Crippen LogP contribution >= 0.6 is 0 Å². The molecule has 28 heavy (non-hydrogen) atoms. The number of nitrogens with zero attached hydrogens (tertiary/aromatic N) is 1. The van der Waals surface area contributed by atoms with Crippen LogP contribution in [0.1, 0.15) is 27.0 Å². The van der Waals surface area contributed by atoms with Crippen LogP contribution in [0.25, 0.3) is 6.08 Å². The van der Waals surface area contributed by atoms with Gasteiger partial charge >= 0.3 is 0 Å². The van der Waals surface area contributed by atoms with Crippen molar-refractivity contribution in [1.82, 2.24) is 4.90 Å². The van der Waals surface area contributed by atoms with Gasteiger partial charge in [-0.1, -0.05) is 23.9 Å². The molecule has 2 aliphatic rings. The third-order valence-corrected chi connectivity index (χ3v) is 5.47. The first-order chi connectivity index (χ1) is 13.4. The first-order valence-electron chi connectivity index (χ1n) is 9.48. The number of halogens is 1. The minimum Gasteiger partial charge on any atom is -0.872 e. The van der Waals surface area contributed by atoms with E-state index in [1.807, 2.05) is 0 Å². The lowest BCUT2D eigenvalue weighted by atomic mass is 9.99. The summed E-state index contributed by atoms with van der Waals surface area (Å²) in [6.07, 6.45) is 1.53. The van der Waals surface area contributed by atoms with Gasteiger partial charge in [-0.15, -0.1) is 0 Å². The number of ether oxygens (including phenoxy) is 1. The molecule has 0 atom stereocenters. The summed E-state index contributed by atoms with van der Waals surface area (Å²) in [5, 5.41) is 12.7. The Morgan fingerprint density at radius 1 is 1.29 bits per heavy atom. The third-order valence-electron chi connectivity index (χ3n) is 5.47. The van der Waals surface area contributed by atoms with E-state index in [0.717, 1.165) is 26.2 Å². The van der Waals surface area contributed by atoms with Crippen LogP contribution in [0, 0.1) is 12.7 Å². The van der Waals surface area contributed by atoms with Crippen LogP contribution in [0.2, 0.25) is 0 Å². The van der Waals surface area contributed by atoms with Gasteiger partial charge in [0.1, 0.15) is 18.1 Å². The second-order valence-corrected chi connectivity index (χ2v) is 7.60. The number of allylic oxidation sites excluding steroid dienone is 1. The fourth-order valence-corrected chi connectivity index (χ4v) is 3.84. The molecule has 0 amide bonds. The van der Waals surface area contributed by atoms with Crippen LogP contribution in [-0.4, -0.2) is 43.9 Å². The van der Waals surface area contributed by atoms with Crippen LogP contribution in [-0.2, 0) is 6.54 Å². The number of hydrogen-bond acceptors (Lipinski definition) is 4. The van der Waals surface area contributed by atoms with Gasteiger partial charge in [0.15, 0.2) is 5.76 Å². The van der Waals surface area contributed by atoms with Crippen molar-refractivity contribution in [3.8, 4) is 11.5 Å². The van der Waals surface area contributed by atoms with E-state index in [1.54, 1.807) is 19.1 Å². The van der Waals surface area contributed by atoms with Crippen molar-refractivity contribution in [2.24, 2.45) is 0 Å². The topological polar surface area (TPSA) is 57.0 Å². The zero-order valence-electron chi connectivity index (χ0n) is 16.0. The molecular weight excluding hydrogens is 359 g/mol. The Kier molecular flexibility index (Phi) is 4.91. The molecule has 5 nitrogen and oxygen atoms in total. The maximum atomic E-state index is 13.5. The summed E-state index contributed by atoms with van der Waals surface area (Å²) in [6, 6.07) is 7.50. The number of likely N-dealkylation sites (N-methyl/N-ethyl adjacent to an activating group) is 1. The SMILES string of the molecule is Cc1cc([O-])c(C[NH+]2CCN(C)CC2)c2c1C(=O)/C(=C/c1cccc(F)c1)O2. The Balaban J connectivity index is 1.68. The summed E-state index contributed by atoms with van der Waals surface area (Å²) < 4.78 is 19.4. The number of carbonyl (C=O) groups excluding carboxylic acids is 1. The van der Waals surface area contributed by atoms with Crippen molar-refractivity contribution in [3.05, 3.63) is 64.2 Å². The number of fused-ring (bicyclic) bond motifs is 1. The molecule has 0 radical (unpaired) electrons. The van der Waals surface area contributed by atoms with Crippen LogP contribution in [0.4, 0.5) is 4.39 Å². The third kappa shape index (κ3) is 3.53. The highest BCUT2D eigenvalue weighted by Crippen LogP contribution is 2.40. The predicted molar refractivity (Wildman–Crippen MR) is 102 cm³/mol. The average molecular weight is 382 g/mol. The largest absolute Gasteiger partial charge is 0.872 e. The molecule has 1 fully saturated rings. The Morgan fingerprint density at radius 3 is 2.75 bits per heavy atom.